The number of aliphatic imine (C=N–C) groups is 1. The number of carbonyl (C=O) groups excluding carboxylic acids is 1. The van der Waals surface area contributed by atoms with Gasteiger partial charge in [0.2, 0.25) is 0 Å². The van der Waals surface area contributed by atoms with Crippen molar-refractivity contribution in [1.29, 1.82) is 0 Å². The zero-order chi connectivity index (χ0) is 6.69. The van der Waals surface area contributed by atoms with E-state index in [0.717, 1.165) is 0 Å². The third-order valence-electron chi connectivity index (χ3n) is 1.09. The summed E-state index contributed by atoms with van der Waals surface area (Å²) in [5, 5.41) is 9.94. The molecule has 1 aliphatic rings. The molecule has 6 heteroatoms. The molecule has 0 aromatic carbocycles. The van der Waals surface area contributed by atoms with E-state index in [-0.39, 0.29) is 65.7 Å². The van der Waals surface area contributed by atoms with Crippen molar-refractivity contribution in [3.05, 3.63) is 0 Å². The summed E-state index contributed by atoms with van der Waals surface area (Å²) < 4.78 is 0. The molecule has 0 amide bonds. The van der Waals surface area contributed by atoms with E-state index in [1.54, 1.807) is 4.90 Å². The fraction of sp³-hybridized carbons (Fsp3) is 0.600. The van der Waals surface area contributed by atoms with Crippen molar-refractivity contribution in [2.75, 3.05) is 19.6 Å². The number of carbonyl (C=O) groups is 1. The number of nitrogens with zero attached hydrogens (tertiary/aromatic N) is 2. The van der Waals surface area contributed by atoms with Crippen LogP contribution in [0.2, 0.25) is 0 Å². The Morgan fingerprint density at radius 3 is 2.64 bits per heavy atom. The quantitative estimate of drug-likeness (QED) is 0.390. The summed E-state index contributed by atoms with van der Waals surface area (Å²) in [7, 11) is 0. The van der Waals surface area contributed by atoms with Crippen LogP contribution in [-0.4, -0.2) is 36.8 Å². The van der Waals surface area contributed by atoms with Crippen LogP contribution < -0.4 is 64.2 Å². The molecular weight excluding hydrogens is 166 g/mol. The van der Waals surface area contributed by atoms with Gasteiger partial charge in [0.25, 0.3) is 0 Å². The van der Waals surface area contributed by atoms with E-state index < -0.39 is 5.97 Å². The minimum atomic E-state index is -1.05. The number of carboxylic acids is 1. The van der Waals surface area contributed by atoms with Gasteiger partial charge in [0.15, 0.2) is 0 Å². The van der Waals surface area contributed by atoms with Crippen molar-refractivity contribution in [2.24, 2.45) is 4.99 Å². The van der Waals surface area contributed by atoms with E-state index in [1.165, 1.54) is 6.34 Å². The Bertz CT molecular complexity index is 151. The van der Waals surface area contributed by atoms with Crippen LogP contribution in [0.25, 0.3) is 0 Å². The van der Waals surface area contributed by atoms with Crippen molar-refractivity contribution >= 4 is 12.3 Å². The number of rotatable bonds is 2. The van der Waals surface area contributed by atoms with Gasteiger partial charge in [-0.1, -0.05) is 0 Å². The molecule has 0 aliphatic carbocycles. The fourth-order valence-corrected chi connectivity index (χ4v) is 0.703. The summed E-state index contributed by atoms with van der Waals surface area (Å²) >= 11 is 0. The summed E-state index contributed by atoms with van der Waals surface area (Å²) in [6.45, 7) is 1.37. The fourth-order valence-electron chi connectivity index (χ4n) is 0.703. The smallest absolute Gasteiger partial charge is 0.548 e. The Morgan fingerprint density at radius 2 is 2.27 bits per heavy atom. The molecule has 0 aromatic rings. The van der Waals surface area contributed by atoms with Crippen LogP contribution >= 0.6 is 0 Å². The topological polar surface area (TPSA) is 55.7 Å². The van der Waals surface area contributed by atoms with Crippen molar-refractivity contribution in [3.8, 4) is 0 Å². The first-order valence-electron chi connectivity index (χ1n) is 2.73. The van der Waals surface area contributed by atoms with E-state index in [1.807, 2.05) is 0 Å². The summed E-state index contributed by atoms with van der Waals surface area (Å²) in [6, 6.07) is 0. The summed E-state index contributed by atoms with van der Waals surface area (Å²) in [5.41, 5.74) is 0. The molecule has 0 unspecified atom stereocenters. The van der Waals surface area contributed by atoms with E-state index in [0.29, 0.717) is 13.1 Å². The average molecular weight is 173 g/mol. The predicted octanol–water partition coefficient (Wildman–Crippen LogP) is -7.91. The molecule has 11 heavy (non-hydrogen) atoms. The van der Waals surface area contributed by atoms with Crippen LogP contribution in [-0.2, 0) is 4.79 Å². The van der Waals surface area contributed by atoms with Crippen molar-refractivity contribution in [1.82, 2.24) is 4.90 Å². The average Bonchev–Trinajstić information content (AvgIpc) is 2.15. The second-order valence-electron chi connectivity index (χ2n) is 1.86. The van der Waals surface area contributed by atoms with Crippen LogP contribution in [0.15, 0.2) is 4.99 Å². The first-order chi connectivity index (χ1) is 4.29. The van der Waals surface area contributed by atoms with Crippen LogP contribution in [0, 0.1) is 0 Å². The van der Waals surface area contributed by atoms with Gasteiger partial charge in [-0.15, -0.1) is 0 Å². The van der Waals surface area contributed by atoms with E-state index in [2.05, 4.69) is 4.99 Å². The summed E-state index contributed by atoms with van der Waals surface area (Å²) in [6.07, 6.45) is 1.54. The Hall–Kier alpha value is 0.940. The summed E-state index contributed by atoms with van der Waals surface area (Å²) in [4.78, 5) is 15.4. The number of aliphatic carboxylic acids is 1. The zero-order valence-electron chi connectivity index (χ0n) is 6.91. The molecule has 1 rings (SSSR count). The predicted molar refractivity (Wildman–Crippen MR) is 29.9 cm³/mol. The Morgan fingerprint density at radius 1 is 1.64 bits per heavy atom. The molecule has 1 heterocycles. The largest absolute Gasteiger partial charge is 1.00 e. The SMILES string of the molecule is O=C([O-])CN1C=NCC1.[Na+].[Na+]. The molecule has 0 aromatic heterocycles. The first-order valence-corrected chi connectivity index (χ1v) is 2.73. The van der Waals surface area contributed by atoms with E-state index in [9.17, 15) is 9.90 Å². The van der Waals surface area contributed by atoms with Crippen molar-refractivity contribution in [3.63, 3.8) is 0 Å². The molecule has 0 atom stereocenters. The van der Waals surface area contributed by atoms with Crippen LogP contribution in [0.1, 0.15) is 0 Å². The zero-order valence-corrected chi connectivity index (χ0v) is 10.9. The van der Waals surface area contributed by atoms with Gasteiger partial charge in [0.1, 0.15) is 0 Å². The second-order valence-corrected chi connectivity index (χ2v) is 1.86. The van der Waals surface area contributed by atoms with Crippen molar-refractivity contribution in [2.45, 2.75) is 0 Å². The second kappa shape index (κ2) is 7.58. The molecule has 0 saturated heterocycles. The molecule has 0 radical (unpaired) electrons. The standard InChI is InChI=1S/C5H8N2O2.2Na/c8-5(9)3-7-2-1-6-4-7;;/h4H,1-3H2,(H,8,9);;/q;2*+1/p-1. The van der Waals surface area contributed by atoms with Gasteiger partial charge >= 0.3 is 59.1 Å². The molecule has 50 valence electrons. The Kier molecular flexibility index (Phi) is 9.97. The molecular formula is C5H7N2Na2O2+. The van der Waals surface area contributed by atoms with Crippen LogP contribution in [0.5, 0.6) is 0 Å². The van der Waals surface area contributed by atoms with Crippen LogP contribution in [0.4, 0.5) is 0 Å². The number of hydrogen-bond acceptors (Lipinski definition) is 4. The summed E-state index contributed by atoms with van der Waals surface area (Å²) in [5.74, 6) is -1.05. The van der Waals surface area contributed by atoms with E-state index >= 15 is 0 Å². The maximum absolute atomic E-state index is 9.94. The normalized spacial score (nSPS) is 13.6. The monoisotopic (exact) mass is 173 g/mol. The third kappa shape index (κ3) is 6.13. The Balaban J connectivity index is 0. The minimum Gasteiger partial charge on any atom is -0.548 e. The van der Waals surface area contributed by atoms with E-state index in [4.69, 9.17) is 0 Å². The van der Waals surface area contributed by atoms with Gasteiger partial charge in [-0.2, -0.15) is 0 Å². The first kappa shape index (κ1) is 14.5. The van der Waals surface area contributed by atoms with Gasteiger partial charge in [-0.05, 0) is 0 Å². The molecule has 0 N–H and O–H groups in total. The molecule has 1 aliphatic heterocycles. The molecule has 0 fully saturated rings. The van der Waals surface area contributed by atoms with Gasteiger partial charge < -0.3 is 14.8 Å². The Labute approximate surface area is 110 Å². The minimum absolute atomic E-state index is 0. The van der Waals surface area contributed by atoms with Gasteiger partial charge in [0, 0.05) is 6.54 Å². The van der Waals surface area contributed by atoms with Crippen molar-refractivity contribution < 1.29 is 69.0 Å². The van der Waals surface area contributed by atoms with Gasteiger partial charge in [-0.25, -0.2) is 0 Å². The maximum atomic E-state index is 9.94. The molecule has 0 spiro atoms. The van der Waals surface area contributed by atoms with Gasteiger partial charge in [-0.3, -0.25) is 4.99 Å². The maximum Gasteiger partial charge on any atom is 1.00 e. The molecule has 4 nitrogen and oxygen atoms in total. The number of hydrogen-bond donors (Lipinski definition) is 0. The van der Waals surface area contributed by atoms with Gasteiger partial charge in [0.05, 0.1) is 25.4 Å². The molecule has 0 saturated carbocycles. The number of carboxylic acid groups (broad SMARTS) is 1. The third-order valence-corrected chi connectivity index (χ3v) is 1.09. The molecule has 0 bridgehead atoms. The van der Waals surface area contributed by atoms with Crippen LogP contribution in [0.3, 0.4) is 0 Å².